The number of carbonyl (C=O) groups excluding carboxylic acids is 1. The number of hydrogen-bond donors (Lipinski definition) is 2. The highest BCUT2D eigenvalue weighted by Crippen LogP contribution is 2.32. The molecule has 1 saturated heterocycles. The Morgan fingerprint density at radius 1 is 1.43 bits per heavy atom. The fraction of sp³-hybridized carbons (Fsp3) is 0.467. The van der Waals surface area contributed by atoms with Crippen LogP contribution in [0.5, 0.6) is 0 Å². The summed E-state index contributed by atoms with van der Waals surface area (Å²) >= 11 is 6.07. The second kappa shape index (κ2) is 5.93. The molecule has 0 radical (unpaired) electrons. The first kappa shape index (κ1) is 15.6. The topological polar surface area (TPSA) is 78.9 Å². The highest BCUT2D eigenvalue weighted by atomic mass is 35.5. The molecule has 0 bridgehead atoms. The van der Waals surface area contributed by atoms with Crippen LogP contribution in [0.3, 0.4) is 0 Å². The number of carbonyl (C=O) groups is 1. The Labute approximate surface area is 129 Å². The van der Waals surface area contributed by atoms with Gasteiger partial charge in [-0.05, 0) is 37.5 Å². The first-order valence-corrected chi connectivity index (χ1v) is 7.29. The lowest BCUT2D eigenvalue weighted by molar-refractivity contribution is 0.0666. The van der Waals surface area contributed by atoms with Crippen molar-refractivity contribution in [1.29, 1.82) is 0 Å². The lowest BCUT2D eigenvalue weighted by atomic mass is 9.79. The van der Waals surface area contributed by atoms with Crippen molar-refractivity contribution in [2.75, 3.05) is 13.1 Å². The molecule has 2 rings (SSSR count). The van der Waals surface area contributed by atoms with E-state index in [0.29, 0.717) is 36.5 Å². The predicted molar refractivity (Wildman–Crippen MR) is 82.8 cm³/mol. The molecule has 3 N–H and O–H groups in total. The van der Waals surface area contributed by atoms with E-state index < -0.39 is 0 Å². The van der Waals surface area contributed by atoms with Gasteiger partial charge in [0.1, 0.15) is 5.84 Å². The monoisotopic (exact) mass is 309 g/mol. The molecule has 1 aromatic carbocycles. The Kier molecular flexibility index (Phi) is 4.42. The Hall–Kier alpha value is -1.75. The van der Waals surface area contributed by atoms with E-state index in [2.05, 4.69) is 5.16 Å². The van der Waals surface area contributed by atoms with Gasteiger partial charge in [-0.25, -0.2) is 0 Å². The maximum Gasteiger partial charge on any atom is 0.254 e. The number of likely N-dealkylation sites (tertiary alicyclic amines) is 1. The minimum absolute atomic E-state index is 0.0171. The maximum atomic E-state index is 12.6. The van der Waals surface area contributed by atoms with Gasteiger partial charge in [-0.2, -0.15) is 0 Å². The number of halogens is 1. The summed E-state index contributed by atoms with van der Waals surface area (Å²) in [5.41, 5.74) is 6.82. The van der Waals surface area contributed by atoms with Gasteiger partial charge in [0.2, 0.25) is 0 Å². The van der Waals surface area contributed by atoms with Crippen molar-refractivity contribution >= 4 is 23.3 Å². The zero-order valence-electron chi connectivity index (χ0n) is 12.3. The highest BCUT2D eigenvalue weighted by molar-refractivity contribution is 6.31. The largest absolute Gasteiger partial charge is 0.409 e. The highest BCUT2D eigenvalue weighted by Gasteiger charge is 2.36. The van der Waals surface area contributed by atoms with Crippen LogP contribution < -0.4 is 5.73 Å². The molecule has 114 valence electrons. The summed E-state index contributed by atoms with van der Waals surface area (Å²) in [5.74, 6) is 0.213. The molecule has 0 spiro atoms. The SMILES string of the molecule is Cc1c(Cl)cccc1C(=O)N1CCC(C)(/C(N)=N/O)CC1. The molecule has 6 heteroatoms. The Bertz CT molecular complexity index is 578. The van der Waals surface area contributed by atoms with E-state index in [4.69, 9.17) is 22.5 Å². The second-order valence-electron chi connectivity index (χ2n) is 5.75. The summed E-state index contributed by atoms with van der Waals surface area (Å²) in [7, 11) is 0. The number of amides is 1. The fourth-order valence-corrected chi connectivity index (χ4v) is 2.76. The predicted octanol–water partition coefficient (Wildman–Crippen LogP) is 2.64. The smallest absolute Gasteiger partial charge is 0.254 e. The van der Waals surface area contributed by atoms with Gasteiger partial charge in [0.05, 0.1) is 0 Å². The minimum atomic E-state index is -0.352. The minimum Gasteiger partial charge on any atom is -0.409 e. The molecule has 0 aromatic heterocycles. The van der Waals surface area contributed by atoms with E-state index >= 15 is 0 Å². The molecule has 0 saturated carbocycles. The first-order valence-electron chi connectivity index (χ1n) is 6.91. The third-order valence-corrected chi connectivity index (χ3v) is 4.79. The van der Waals surface area contributed by atoms with Crippen LogP contribution in [0.15, 0.2) is 23.4 Å². The van der Waals surface area contributed by atoms with Gasteiger partial charge in [-0.15, -0.1) is 0 Å². The Morgan fingerprint density at radius 3 is 2.62 bits per heavy atom. The van der Waals surface area contributed by atoms with E-state index in [1.54, 1.807) is 23.1 Å². The van der Waals surface area contributed by atoms with Crippen molar-refractivity contribution in [2.45, 2.75) is 26.7 Å². The number of nitrogens with two attached hydrogens (primary N) is 1. The molecule has 0 unspecified atom stereocenters. The Morgan fingerprint density at radius 2 is 2.05 bits per heavy atom. The molecular formula is C15H20ClN3O2. The molecule has 1 aromatic rings. The van der Waals surface area contributed by atoms with Gasteiger partial charge < -0.3 is 15.8 Å². The van der Waals surface area contributed by atoms with E-state index in [-0.39, 0.29) is 17.2 Å². The first-order chi connectivity index (χ1) is 9.89. The molecule has 1 aliphatic rings. The van der Waals surface area contributed by atoms with E-state index in [1.165, 1.54) is 0 Å². The van der Waals surface area contributed by atoms with Crippen LogP contribution in [-0.4, -0.2) is 34.9 Å². The third kappa shape index (κ3) is 2.97. The van der Waals surface area contributed by atoms with E-state index in [9.17, 15) is 4.79 Å². The zero-order valence-corrected chi connectivity index (χ0v) is 13.0. The van der Waals surface area contributed by atoms with Crippen molar-refractivity contribution in [3.63, 3.8) is 0 Å². The molecule has 0 aliphatic carbocycles. The fourth-order valence-electron chi connectivity index (χ4n) is 2.59. The van der Waals surface area contributed by atoms with E-state index in [0.717, 1.165) is 5.56 Å². The molecule has 1 aliphatic heterocycles. The number of oxime groups is 1. The zero-order chi connectivity index (χ0) is 15.6. The molecule has 0 atom stereocenters. The lowest BCUT2D eigenvalue weighted by Crippen LogP contribution is -2.47. The van der Waals surface area contributed by atoms with Crippen LogP contribution in [0.25, 0.3) is 0 Å². The van der Waals surface area contributed by atoms with Gasteiger partial charge in [-0.1, -0.05) is 29.7 Å². The van der Waals surface area contributed by atoms with Gasteiger partial charge >= 0.3 is 0 Å². The number of benzene rings is 1. The standard InChI is InChI=1S/C15H20ClN3O2/c1-10-11(4-3-5-12(10)16)13(20)19-8-6-15(2,7-9-19)14(17)18-21/h3-5,21H,6-9H2,1-2H3,(H2,17,18). The van der Waals surface area contributed by atoms with Crippen LogP contribution in [0, 0.1) is 12.3 Å². The molecule has 1 heterocycles. The van der Waals surface area contributed by atoms with E-state index in [1.807, 2.05) is 13.8 Å². The number of amidine groups is 1. The molecule has 5 nitrogen and oxygen atoms in total. The summed E-state index contributed by atoms with van der Waals surface area (Å²) in [6.07, 6.45) is 1.35. The average molecular weight is 310 g/mol. The number of hydrogen-bond acceptors (Lipinski definition) is 3. The van der Waals surface area contributed by atoms with Crippen LogP contribution in [0.4, 0.5) is 0 Å². The van der Waals surface area contributed by atoms with Crippen molar-refractivity contribution in [1.82, 2.24) is 4.90 Å². The van der Waals surface area contributed by atoms with Crippen molar-refractivity contribution < 1.29 is 10.0 Å². The van der Waals surface area contributed by atoms with Crippen molar-refractivity contribution in [3.05, 3.63) is 34.3 Å². The van der Waals surface area contributed by atoms with Crippen LogP contribution in [-0.2, 0) is 0 Å². The molecule has 21 heavy (non-hydrogen) atoms. The maximum absolute atomic E-state index is 12.6. The van der Waals surface area contributed by atoms with Crippen molar-refractivity contribution in [3.8, 4) is 0 Å². The average Bonchev–Trinajstić information content (AvgIpc) is 2.49. The van der Waals surface area contributed by atoms with Crippen LogP contribution in [0.2, 0.25) is 5.02 Å². The molecule has 1 amide bonds. The molecular weight excluding hydrogens is 290 g/mol. The Balaban J connectivity index is 2.12. The summed E-state index contributed by atoms with van der Waals surface area (Å²) in [6.45, 7) is 4.96. The summed E-state index contributed by atoms with van der Waals surface area (Å²) in [6, 6.07) is 5.35. The summed E-state index contributed by atoms with van der Waals surface area (Å²) < 4.78 is 0. The van der Waals surface area contributed by atoms with Gasteiger partial charge in [0.15, 0.2) is 0 Å². The quantitative estimate of drug-likeness (QED) is 0.381. The van der Waals surface area contributed by atoms with Crippen LogP contribution in [0.1, 0.15) is 35.7 Å². The molecule has 1 fully saturated rings. The number of nitrogens with zero attached hydrogens (tertiary/aromatic N) is 2. The second-order valence-corrected chi connectivity index (χ2v) is 6.16. The van der Waals surface area contributed by atoms with Gasteiger partial charge in [-0.3, -0.25) is 4.79 Å². The van der Waals surface area contributed by atoms with Gasteiger partial charge in [0.25, 0.3) is 5.91 Å². The summed E-state index contributed by atoms with van der Waals surface area (Å²) in [5, 5.41) is 12.5. The van der Waals surface area contributed by atoms with Gasteiger partial charge in [0, 0.05) is 29.1 Å². The lowest BCUT2D eigenvalue weighted by Gasteiger charge is -2.38. The van der Waals surface area contributed by atoms with Crippen molar-refractivity contribution in [2.24, 2.45) is 16.3 Å². The number of piperidine rings is 1. The normalized spacial score (nSPS) is 18.6. The third-order valence-electron chi connectivity index (χ3n) is 4.38. The number of rotatable bonds is 2. The van der Waals surface area contributed by atoms with Crippen LogP contribution >= 0.6 is 11.6 Å². The summed E-state index contributed by atoms with van der Waals surface area (Å²) in [4.78, 5) is 14.4.